The van der Waals surface area contributed by atoms with Crippen LogP contribution in [-0.4, -0.2) is 15.0 Å². The van der Waals surface area contributed by atoms with Crippen molar-refractivity contribution in [2.24, 2.45) is 0 Å². The smallest absolute Gasteiger partial charge is 0.164 e. The van der Waals surface area contributed by atoms with E-state index in [0.717, 1.165) is 27.8 Å². The summed E-state index contributed by atoms with van der Waals surface area (Å²) in [6.45, 7) is 0. The third-order valence-electron chi connectivity index (χ3n) is 10.2. The third kappa shape index (κ3) is 4.47. The van der Waals surface area contributed by atoms with Gasteiger partial charge in [-0.15, -0.1) is 11.3 Å². The van der Waals surface area contributed by atoms with Crippen LogP contribution in [0.1, 0.15) is 0 Å². The van der Waals surface area contributed by atoms with Crippen LogP contribution in [0.3, 0.4) is 0 Å². The highest BCUT2D eigenvalue weighted by molar-refractivity contribution is 7.26. The van der Waals surface area contributed by atoms with Gasteiger partial charge in [0.2, 0.25) is 0 Å². The molecule has 236 valence electrons. The molecule has 1 aliphatic rings. The summed E-state index contributed by atoms with van der Waals surface area (Å²) in [7, 11) is 0. The van der Waals surface area contributed by atoms with E-state index >= 15 is 0 Å². The van der Waals surface area contributed by atoms with E-state index in [0.29, 0.717) is 17.5 Å². The van der Waals surface area contributed by atoms with E-state index in [4.69, 9.17) is 15.0 Å². The minimum atomic E-state index is 0.654. The minimum Gasteiger partial charge on any atom is -0.208 e. The number of nitrogens with zero attached hydrogens (tertiary/aromatic N) is 3. The molecular formula is C47H27N3S. The molecule has 0 atom stereocenters. The van der Waals surface area contributed by atoms with Crippen LogP contribution in [0.15, 0.2) is 164 Å². The quantitative estimate of drug-likeness (QED) is 0.188. The van der Waals surface area contributed by atoms with E-state index in [1.807, 2.05) is 29.5 Å². The maximum Gasteiger partial charge on any atom is 0.164 e. The van der Waals surface area contributed by atoms with E-state index in [1.165, 1.54) is 64.0 Å². The Balaban J connectivity index is 1.11. The number of aromatic nitrogens is 3. The molecule has 0 amide bonds. The Morgan fingerprint density at radius 1 is 0.314 bits per heavy atom. The molecule has 3 nitrogen and oxygen atoms in total. The zero-order valence-corrected chi connectivity index (χ0v) is 28.2. The average Bonchev–Trinajstić information content (AvgIpc) is 3.73. The molecule has 2 aromatic heterocycles. The molecule has 0 N–H and O–H groups in total. The number of fused-ring (bicyclic) bond motifs is 7. The summed E-state index contributed by atoms with van der Waals surface area (Å²) < 4.78 is 2.49. The van der Waals surface area contributed by atoms with Crippen molar-refractivity contribution in [1.29, 1.82) is 0 Å². The van der Waals surface area contributed by atoms with Gasteiger partial charge in [0.05, 0.1) is 0 Å². The van der Waals surface area contributed by atoms with Crippen LogP contribution in [0, 0.1) is 0 Å². The summed E-state index contributed by atoms with van der Waals surface area (Å²) in [5.74, 6) is 1.98. The SMILES string of the molecule is c1ccc(-c2nc(-c3cccc(-c4ccc5ccccc5c4)c3)nc(-c3cccc4sc5cc6c(cc5c34)-c3cccc4cccc-6c34)n2)cc1. The normalized spacial score (nSPS) is 11.9. The highest BCUT2D eigenvalue weighted by Crippen LogP contribution is 2.51. The highest BCUT2D eigenvalue weighted by atomic mass is 32.1. The van der Waals surface area contributed by atoms with Crippen LogP contribution >= 0.6 is 11.3 Å². The maximum absolute atomic E-state index is 5.24. The number of hydrogen-bond donors (Lipinski definition) is 0. The van der Waals surface area contributed by atoms with Crippen molar-refractivity contribution in [3.8, 4) is 67.5 Å². The van der Waals surface area contributed by atoms with Crippen LogP contribution < -0.4 is 0 Å². The van der Waals surface area contributed by atoms with Crippen LogP contribution in [0.2, 0.25) is 0 Å². The summed E-state index contributed by atoms with van der Waals surface area (Å²) in [6, 6.07) is 58.4. The lowest BCUT2D eigenvalue weighted by Gasteiger charge is -2.11. The lowest BCUT2D eigenvalue weighted by atomic mass is 9.99. The lowest BCUT2D eigenvalue weighted by molar-refractivity contribution is 1.08. The molecule has 51 heavy (non-hydrogen) atoms. The second kappa shape index (κ2) is 11.0. The van der Waals surface area contributed by atoms with Crippen molar-refractivity contribution in [1.82, 2.24) is 15.0 Å². The molecule has 2 heterocycles. The van der Waals surface area contributed by atoms with Crippen LogP contribution in [-0.2, 0) is 0 Å². The molecule has 8 aromatic carbocycles. The fourth-order valence-electron chi connectivity index (χ4n) is 7.84. The second-order valence-electron chi connectivity index (χ2n) is 13.2. The van der Waals surface area contributed by atoms with E-state index in [2.05, 4.69) is 146 Å². The van der Waals surface area contributed by atoms with Gasteiger partial charge in [0, 0.05) is 36.9 Å². The van der Waals surface area contributed by atoms with Crippen LogP contribution in [0.5, 0.6) is 0 Å². The standard InChI is InChI=1S/C47H27N3S/c1-2-11-30(12-3-1)45-48-46(34-17-6-16-32(25-34)33-23-22-28-10-4-5-13-31(28)24-33)50-47(49-45)37-20-9-21-41-44(37)40-26-38-35-18-7-14-29-15-8-19-36(43(29)35)39(38)27-42(40)51-41/h1-27H. The fraction of sp³-hybridized carbons (Fsp3) is 0. The zero-order chi connectivity index (χ0) is 33.5. The predicted molar refractivity (Wildman–Crippen MR) is 214 cm³/mol. The van der Waals surface area contributed by atoms with Gasteiger partial charge in [0.15, 0.2) is 17.5 Å². The Labute approximate surface area is 298 Å². The van der Waals surface area contributed by atoms with E-state index in [9.17, 15) is 0 Å². The van der Waals surface area contributed by atoms with Crippen molar-refractivity contribution in [2.75, 3.05) is 0 Å². The predicted octanol–water partition coefficient (Wildman–Crippen LogP) is 12.9. The molecule has 0 aliphatic heterocycles. The van der Waals surface area contributed by atoms with Crippen LogP contribution in [0.25, 0.3) is 109 Å². The van der Waals surface area contributed by atoms with Gasteiger partial charge in [-0.2, -0.15) is 0 Å². The molecule has 0 bridgehead atoms. The summed E-state index contributed by atoms with van der Waals surface area (Å²) in [5.41, 5.74) is 10.4. The third-order valence-corrected chi connectivity index (χ3v) is 11.3. The van der Waals surface area contributed by atoms with Gasteiger partial charge < -0.3 is 0 Å². The summed E-state index contributed by atoms with van der Waals surface area (Å²) in [5, 5.41) is 7.49. The molecule has 0 radical (unpaired) electrons. The van der Waals surface area contributed by atoms with Gasteiger partial charge in [-0.3, -0.25) is 0 Å². The Hall–Kier alpha value is -6.49. The van der Waals surface area contributed by atoms with Crippen LogP contribution in [0.4, 0.5) is 0 Å². The molecule has 0 spiro atoms. The van der Waals surface area contributed by atoms with Gasteiger partial charge in [-0.1, -0.05) is 133 Å². The molecule has 1 aliphatic carbocycles. The van der Waals surface area contributed by atoms with Crippen molar-refractivity contribution >= 4 is 53.1 Å². The topological polar surface area (TPSA) is 38.7 Å². The molecule has 4 heteroatoms. The fourth-order valence-corrected chi connectivity index (χ4v) is 9.00. The Kier molecular flexibility index (Phi) is 6.12. The lowest BCUT2D eigenvalue weighted by Crippen LogP contribution is -2.00. The first-order valence-electron chi connectivity index (χ1n) is 17.2. The largest absolute Gasteiger partial charge is 0.208 e. The van der Waals surface area contributed by atoms with Gasteiger partial charge >= 0.3 is 0 Å². The first-order valence-corrected chi connectivity index (χ1v) is 18.0. The number of hydrogen-bond acceptors (Lipinski definition) is 4. The summed E-state index contributed by atoms with van der Waals surface area (Å²) in [6.07, 6.45) is 0. The first kappa shape index (κ1) is 28.4. The zero-order valence-electron chi connectivity index (χ0n) is 27.3. The minimum absolute atomic E-state index is 0.654. The first-order chi connectivity index (χ1) is 25.2. The molecule has 0 fully saturated rings. The molecule has 10 aromatic rings. The van der Waals surface area contributed by atoms with Gasteiger partial charge in [-0.05, 0) is 85.3 Å². The van der Waals surface area contributed by atoms with Crippen molar-refractivity contribution in [3.05, 3.63) is 164 Å². The monoisotopic (exact) mass is 665 g/mol. The highest BCUT2D eigenvalue weighted by Gasteiger charge is 2.24. The molecule has 0 saturated heterocycles. The molecule has 0 saturated carbocycles. The Bertz CT molecular complexity index is 3030. The van der Waals surface area contributed by atoms with Gasteiger partial charge in [-0.25, -0.2) is 15.0 Å². The molecule has 0 unspecified atom stereocenters. The van der Waals surface area contributed by atoms with E-state index in [-0.39, 0.29) is 0 Å². The maximum atomic E-state index is 5.24. The van der Waals surface area contributed by atoms with Gasteiger partial charge in [0.25, 0.3) is 0 Å². The summed E-state index contributed by atoms with van der Waals surface area (Å²) in [4.78, 5) is 15.5. The second-order valence-corrected chi connectivity index (χ2v) is 14.3. The Morgan fingerprint density at radius 2 is 0.922 bits per heavy atom. The van der Waals surface area contributed by atoms with Gasteiger partial charge in [0.1, 0.15) is 0 Å². The van der Waals surface area contributed by atoms with Crippen molar-refractivity contribution in [3.63, 3.8) is 0 Å². The average molecular weight is 666 g/mol. The molecule has 11 rings (SSSR count). The number of benzene rings is 8. The number of rotatable bonds is 4. The Morgan fingerprint density at radius 3 is 1.76 bits per heavy atom. The summed E-state index contributed by atoms with van der Waals surface area (Å²) >= 11 is 1.83. The van der Waals surface area contributed by atoms with Crippen molar-refractivity contribution in [2.45, 2.75) is 0 Å². The van der Waals surface area contributed by atoms with E-state index in [1.54, 1.807) is 0 Å². The molecular weight excluding hydrogens is 639 g/mol. The van der Waals surface area contributed by atoms with E-state index < -0.39 is 0 Å². The number of thiophene rings is 1. The van der Waals surface area contributed by atoms with Crippen molar-refractivity contribution < 1.29 is 0 Å².